The minimum absolute atomic E-state index is 0.236. The summed E-state index contributed by atoms with van der Waals surface area (Å²) in [5.41, 5.74) is 7.73. The van der Waals surface area contributed by atoms with Gasteiger partial charge in [-0.1, -0.05) is 35.3 Å². The minimum atomic E-state index is -0.301. The summed E-state index contributed by atoms with van der Waals surface area (Å²) in [4.78, 5) is 12.0. The molecule has 0 bridgehead atoms. The molecule has 2 rings (SSSR count). The number of amides is 1. The van der Waals surface area contributed by atoms with E-state index in [0.29, 0.717) is 17.7 Å². The number of nitrogens with zero attached hydrogens (tertiary/aromatic N) is 1. The number of anilines is 1. The van der Waals surface area contributed by atoms with Crippen LogP contribution < -0.4 is 11.1 Å². The molecule has 0 aromatic heterocycles. The number of hydrogen-bond acceptors (Lipinski definition) is 3. The lowest BCUT2D eigenvalue weighted by Crippen LogP contribution is -2.22. The molecule has 6 heteroatoms. The Kier molecular flexibility index (Phi) is 4.69. The van der Waals surface area contributed by atoms with Crippen molar-refractivity contribution >= 4 is 34.8 Å². The zero-order valence-corrected chi connectivity index (χ0v) is 12.4. The molecular weight excluding hydrogens is 309 g/mol. The van der Waals surface area contributed by atoms with Crippen molar-refractivity contribution in [2.45, 2.75) is 6.54 Å². The predicted octanol–water partition coefficient (Wildman–Crippen LogP) is 3.38. The second-order valence-corrected chi connectivity index (χ2v) is 5.14. The Morgan fingerprint density at radius 1 is 1.24 bits per heavy atom. The normalized spacial score (nSPS) is 9.95. The predicted molar refractivity (Wildman–Crippen MR) is 83.2 cm³/mol. The molecule has 2 aromatic carbocycles. The van der Waals surface area contributed by atoms with Crippen molar-refractivity contribution < 1.29 is 4.79 Å². The number of nitrogens with two attached hydrogens (primary N) is 1. The molecule has 1 amide bonds. The molecule has 4 nitrogen and oxygen atoms in total. The van der Waals surface area contributed by atoms with Crippen LogP contribution in [0.3, 0.4) is 0 Å². The van der Waals surface area contributed by atoms with E-state index in [2.05, 4.69) is 5.32 Å². The largest absolute Gasteiger partial charge is 0.397 e. The SMILES string of the molecule is N#Cc1ccc(CNC(=O)c2cc(N)c(Cl)c(Cl)c2)cc1. The molecule has 0 heterocycles. The smallest absolute Gasteiger partial charge is 0.251 e. The van der Waals surface area contributed by atoms with Crippen LogP contribution in [0.25, 0.3) is 0 Å². The van der Waals surface area contributed by atoms with Crippen LogP contribution in [0, 0.1) is 11.3 Å². The summed E-state index contributed by atoms with van der Waals surface area (Å²) < 4.78 is 0. The van der Waals surface area contributed by atoms with Crippen molar-refractivity contribution in [3.8, 4) is 6.07 Å². The molecule has 0 aliphatic carbocycles. The van der Waals surface area contributed by atoms with Crippen LogP contribution in [-0.2, 0) is 6.54 Å². The van der Waals surface area contributed by atoms with E-state index in [1.165, 1.54) is 12.1 Å². The fourth-order valence-corrected chi connectivity index (χ4v) is 2.06. The van der Waals surface area contributed by atoms with Gasteiger partial charge in [0.1, 0.15) is 0 Å². The molecule has 0 saturated carbocycles. The first-order valence-corrected chi connectivity index (χ1v) is 6.78. The van der Waals surface area contributed by atoms with Crippen LogP contribution in [0.5, 0.6) is 0 Å². The lowest BCUT2D eigenvalue weighted by molar-refractivity contribution is 0.0951. The number of carbonyl (C=O) groups excluding carboxylic acids is 1. The van der Waals surface area contributed by atoms with Crippen molar-refractivity contribution in [3.63, 3.8) is 0 Å². The van der Waals surface area contributed by atoms with Gasteiger partial charge in [0.25, 0.3) is 5.91 Å². The fraction of sp³-hybridized carbons (Fsp3) is 0.0667. The van der Waals surface area contributed by atoms with E-state index >= 15 is 0 Å². The van der Waals surface area contributed by atoms with E-state index in [1.54, 1.807) is 24.3 Å². The number of hydrogen-bond donors (Lipinski definition) is 2. The summed E-state index contributed by atoms with van der Waals surface area (Å²) in [6, 6.07) is 11.9. The molecule has 0 atom stereocenters. The number of halogens is 2. The van der Waals surface area contributed by atoms with Crippen LogP contribution in [0.2, 0.25) is 10.0 Å². The van der Waals surface area contributed by atoms with Crippen molar-refractivity contribution in [1.82, 2.24) is 5.32 Å². The molecule has 106 valence electrons. The topological polar surface area (TPSA) is 78.9 Å². The molecule has 2 aromatic rings. The molecule has 3 N–H and O–H groups in total. The number of nitrogen functional groups attached to an aromatic ring is 1. The van der Waals surface area contributed by atoms with E-state index in [1.807, 2.05) is 6.07 Å². The van der Waals surface area contributed by atoms with E-state index in [0.717, 1.165) is 5.56 Å². The lowest BCUT2D eigenvalue weighted by Gasteiger charge is -2.08. The number of nitrogens with one attached hydrogen (secondary N) is 1. The highest BCUT2D eigenvalue weighted by molar-refractivity contribution is 6.43. The van der Waals surface area contributed by atoms with E-state index in [9.17, 15) is 4.79 Å². The standard InChI is InChI=1S/C15H11Cl2N3O/c16-12-5-11(6-13(19)14(12)17)15(21)20-8-10-3-1-9(7-18)2-4-10/h1-6H,8,19H2,(H,20,21). The van der Waals surface area contributed by atoms with Crippen LogP contribution in [0.15, 0.2) is 36.4 Å². The molecule has 0 fully saturated rings. The second kappa shape index (κ2) is 6.49. The number of benzene rings is 2. The highest BCUT2D eigenvalue weighted by Gasteiger charge is 2.11. The van der Waals surface area contributed by atoms with E-state index in [4.69, 9.17) is 34.2 Å². The average molecular weight is 320 g/mol. The highest BCUT2D eigenvalue weighted by atomic mass is 35.5. The van der Waals surface area contributed by atoms with Crippen LogP contribution in [0.4, 0.5) is 5.69 Å². The molecule has 0 aliphatic heterocycles. The quantitative estimate of drug-likeness (QED) is 0.851. The molecule has 0 radical (unpaired) electrons. The van der Waals surface area contributed by atoms with Crippen molar-refractivity contribution in [2.75, 3.05) is 5.73 Å². The maximum atomic E-state index is 12.0. The number of rotatable bonds is 3. The molecule has 0 saturated heterocycles. The third-order valence-electron chi connectivity index (χ3n) is 2.85. The van der Waals surface area contributed by atoms with Crippen molar-refractivity contribution in [3.05, 3.63) is 63.1 Å². The Morgan fingerprint density at radius 3 is 2.48 bits per heavy atom. The van der Waals surface area contributed by atoms with Gasteiger partial charge in [0.05, 0.1) is 27.4 Å². The van der Waals surface area contributed by atoms with Gasteiger partial charge >= 0.3 is 0 Å². The number of carbonyl (C=O) groups is 1. The molecular formula is C15H11Cl2N3O. The minimum Gasteiger partial charge on any atom is -0.397 e. The van der Waals surface area contributed by atoms with Crippen LogP contribution >= 0.6 is 23.2 Å². The monoisotopic (exact) mass is 319 g/mol. The summed E-state index contributed by atoms with van der Waals surface area (Å²) in [7, 11) is 0. The van der Waals surface area contributed by atoms with Crippen LogP contribution in [-0.4, -0.2) is 5.91 Å². The summed E-state index contributed by atoms with van der Waals surface area (Å²) >= 11 is 11.7. The first kappa shape index (κ1) is 15.2. The molecule has 0 spiro atoms. The zero-order chi connectivity index (χ0) is 15.4. The summed E-state index contributed by atoms with van der Waals surface area (Å²) in [5.74, 6) is -0.301. The van der Waals surface area contributed by atoms with Gasteiger partial charge in [0, 0.05) is 12.1 Å². The van der Waals surface area contributed by atoms with Gasteiger partial charge in [-0.15, -0.1) is 0 Å². The van der Waals surface area contributed by atoms with Gasteiger partial charge in [-0.25, -0.2) is 0 Å². The van der Waals surface area contributed by atoms with Gasteiger partial charge in [0.15, 0.2) is 0 Å². The third-order valence-corrected chi connectivity index (χ3v) is 3.67. The Balaban J connectivity index is 2.06. The number of nitriles is 1. The Morgan fingerprint density at radius 2 is 1.90 bits per heavy atom. The van der Waals surface area contributed by atoms with Gasteiger partial charge < -0.3 is 11.1 Å². The lowest BCUT2D eigenvalue weighted by atomic mass is 10.1. The van der Waals surface area contributed by atoms with Crippen molar-refractivity contribution in [1.29, 1.82) is 5.26 Å². The average Bonchev–Trinajstić information content (AvgIpc) is 2.50. The van der Waals surface area contributed by atoms with E-state index < -0.39 is 0 Å². The maximum Gasteiger partial charge on any atom is 0.251 e. The van der Waals surface area contributed by atoms with Gasteiger partial charge in [-0.05, 0) is 29.8 Å². The molecule has 0 aliphatic rings. The van der Waals surface area contributed by atoms with Crippen molar-refractivity contribution in [2.24, 2.45) is 0 Å². The van der Waals surface area contributed by atoms with E-state index in [-0.39, 0.29) is 21.6 Å². The zero-order valence-electron chi connectivity index (χ0n) is 10.9. The van der Waals surface area contributed by atoms with Gasteiger partial charge in [-0.3, -0.25) is 4.79 Å². The third kappa shape index (κ3) is 3.66. The fourth-order valence-electron chi connectivity index (χ4n) is 1.72. The van der Waals surface area contributed by atoms with Crippen LogP contribution in [0.1, 0.15) is 21.5 Å². The summed E-state index contributed by atoms with van der Waals surface area (Å²) in [6.07, 6.45) is 0. The van der Waals surface area contributed by atoms with Gasteiger partial charge in [-0.2, -0.15) is 5.26 Å². The van der Waals surface area contributed by atoms with Gasteiger partial charge in [0.2, 0.25) is 0 Å². The maximum absolute atomic E-state index is 12.0. The second-order valence-electron chi connectivity index (χ2n) is 4.35. The summed E-state index contributed by atoms with van der Waals surface area (Å²) in [5, 5.41) is 11.9. The Hall–Kier alpha value is -2.22. The first-order chi connectivity index (χ1) is 10.0. The molecule has 0 unspecified atom stereocenters. The first-order valence-electron chi connectivity index (χ1n) is 6.03. The Bertz CT molecular complexity index is 698. The Labute approximate surface area is 132 Å². The highest BCUT2D eigenvalue weighted by Crippen LogP contribution is 2.29. The molecule has 21 heavy (non-hydrogen) atoms. The summed E-state index contributed by atoms with van der Waals surface area (Å²) in [6.45, 7) is 0.338.